The van der Waals surface area contributed by atoms with Gasteiger partial charge in [-0.15, -0.1) is 0 Å². The second kappa shape index (κ2) is 10.6. The third kappa shape index (κ3) is 9.77. The van der Waals surface area contributed by atoms with Crippen LogP contribution in [0.1, 0.15) is 98.8 Å². The molecule has 0 atom stereocenters. The third-order valence-corrected chi connectivity index (χ3v) is 4.43. The van der Waals surface area contributed by atoms with Crippen molar-refractivity contribution in [1.82, 2.24) is 0 Å². The summed E-state index contributed by atoms with van der Waals surface area (Å²) in [7, 11) is 0. The van der Waals surface area contributed by atoms with Crippen molar-refractivity contribution < 1.29 is 9.84 Å². The summed E-state index contributed by atoms with van der Waals surface area (Å²) in [6.07, 6.45) is 13.4. The minimum Gasteiger partial charge on any atom is -0.387 e. The van der Waals surface area contributed by atoms with Crippen molar-refractivity contribution in [1.29, 1.82) is 0 Å². The normalized spacial score (nSPS) is 12.9. The van der Waals surface area contributed by atoms with Gasteiger partial charge in [0.1, 0.15) is 0 Å². The predicted molar refractivity (Wildman–Crippen MR) is 88.2 cm³/mol. The van der Waals surface area contributed by atoms with Gasteiger partial charge in [0.2, 0.25) is 0 Å². The highest BCUT2D eigenvalue weighted by Crippen LogP contribution is 2.25. The molecule has 0 rings (SSSR count). The van der Waals surface area contributed by atoms with Gasteiger partial charge in [-0.05, 0) is 34.1 Å². The smallest absolute Gasteiger partial charge is 0.0906 e. The maximum Gasteiger partial charge on any atom is 0.0906 e. The third-order valence-electron chi connectivity index (χ3n) is 4.43. The fourth-order valence-electron chi connectivity index (χ4n) is 2.09. The van der Waals surface area contributed by atoms with E-state index < -0.39 is 11.2 Å². The van der Waals surface area contributed by atoms with Crippen molar-refractivity contribution in [3.63, 3.8) is 0 Å². The van der Waals surface area contributed by atoms with Crippen molar-refractivity contribution in [2.75, 3.05) is 6.61 Å². The minimum atomic E-state index is -0.786. The Labute approximate surface area is 127 Å². The monoisotopic (exact) mass is 286 g/mol. The Hall–Kier alpha value is -0.0800. The van der Waals surface area contributed by atoms with Crippen molar-refractivity contribution in [3.05, 3.63) is 0 Å². The first-order chi connectivity index (χ1) is 9.31. The molecule has 0 aliphatic rings. The van der Waals surface area contributed by atoms with E-state index in [0.717, 1.165) is 13.0 Å². The molecule has 0 saturated carbocycles. The van der Waals surface area contributed by atoms with Gasteiger partial charge in [-0.1, -0.05) is 64.7 Å². The van der Waals surface area contributed by atoms with E-state index in [0.29, 0.717) is 0 Å². The summed E-state index contributed by atoms with van der Waals surface area (Å²) < 4.78 is 5.82. The maximum atomic E-state index is 9.98. The Morgan fingerprint density at radius 2 is 1.10 bits per heavy atom. The highest BCUT2D eigenvalue weighted by atomic mass is 16.5. The Kier molecular flexibility index (Phi) is 10.6. The van der Waals surface area contributed by atoms with E-state index in [1.807, 2.05) is 27.7 Å². The van der Waals surface area contributed by atoms with E-state index >= 15 is 0 Å². The molecule has 1 N–H and O–H groups in total. The number of hydrogen-bond donors (Lipinski definition) is 1. The quantitative estimate of drug-likeness (QED) is 0.455. The summed E-state index contributed by atoms with van der Waals surface area (Å²) >= 11 is 0. The number of aliphatic hydroxyl groups is 1. The van der Waals surface area contributed by atoms with Gasteiger partial charge in [0.25, 0.3) is 0 Å². The molecule has 0 radical (unpaired) electrons. The van der Waals surface area contributed by atoms with E-state index in [2.05, 4.69) is 6.92 Å². The molecule has 0 aliphatic heterocycles. The molecule has 0 fully saturated rings. The van der Waals surface area contributed by atoms with Gasteiger partial charge in [-0.3, -0.25) is 0 Å². The zero-order valence-electron chi connectivity index (χ0n) is 14.6. The Morgan fingerprint density at radius 3 is 1.50 bits per heavy atom. The fraction of sp³-hybridized carbons (Fsp3) is 1.00. The van der Waals surface area contributed by atoms with Crippen LogP contribution in [0.3, 0.4) is 0 Å². The lowest BCUT2D eigenvalue weighted by Crippen LogP contribution is -2.47. The van der Waals surface area contributed by atoms with Crippen LogP contribution in [0.2, 0.25) is 0 Å². The largest absolute Gasteiger partial charge is 0.387 e. The lowest BCUT2D eigenvalue weighted by Gasteiger charge is -2.37. The van der Waals surface area contributed by atoms with Crippen LogP contribution in [0.15, 0.2) is 0 Å². The lowest BCUT2D eigenvalue weighted by atomic mass is 9.89. The van der Waals surface area contributed by atoms with Gasteiger partial charge >= 0.3 is 0 Å². The maximum absolute atomic E-state index is 9.98. The van der Waals surface area contributed by atoms with E-state index in [1.165, 1.54) is 57.8 Å². The van der Waals surface area contributed by atoms with Gasteiger partial charge in [0.15, 0.2) is 0 Å². The summed E-state index contributed by atoms with van der Waals surface area (Å²) in [5.41, 5.74) is -1.25. The summed E-state index contributed by atoms with van der Waals surface area (Å²) in [6.45, 7) is 10.6. The molecular formula is C18H38O2. The molecular weight excluding hydrogens is 248 g/mol. The van der Waals surface area contributed by atoms with Gasteiger partial charge in [0, 0.05) is 6.61 Å². The van der Waals surface area contributed by atoms with Crippen LogP contribution in [0.4, 0.5) is 0 Å². The molecule has 20 heavy (non-hydrogen) atoms. The highest BCUT2D eigenvalue weighted by Gasteiger charge is 2.35. The Balaban J connectivity index is 3.33. The van der Waals surface area contributed by atoms with Crippen LogP contribution in [0.5, 0.6) is 0 Å². The minimum absolute atomic E-state index is 0.466. The van der Waals surface area contributed by atoms with E-state index in [9.17, 15) is 5.11 Å². The van der Waals surface area contributed by atoms with E-state index in [4.69, 9.17) is 4.74 Å². The predicted octanol–water partition coefficient (Wildman–Crippen LogP) is 5.47. The number of unbranched alkanes of at least 4 members (excludes halogenated alkanes) is 9. The molecule has 0 aromatic heterocycles. The molecule has 0 unspecified atom stereocenters. The molecule has 0 saturated heterocycles. The standard InChI is InChI=1S/C18H38O2/c1-6-7-8-9-10-11-12-13-14-15-16-20-18(4,5)17(2,3)19/h19H,6-16H2,1-5H3. The van der Waals surface area contributed by atoms with Crippen LogP contribution >= 0.6 is 0 Å². The Morgan fingerprint density at radius 1 is 0.700 bits per heavy atom. The average molecular weight is 286 g/mol. The number of ether oxygens (including phenoxy) is 1. The molecule has 0 aliphatic carbocycles. The topological polar surface area (TPSA) is 29.5 Å². The molecule has 122 valence electrons. The van der Waals surface area contributed by atoms with Crippen LogP contribution in [-0.2, 0) is 4.74 Å². The number of rotatable bonds is 13. The zero-order chi connectivity index (χ0) is 15.5. The van der Waals surface area contributed by atoms with Crippen molar-refractivity contribution >= 4 is 0 Å². The fourth-order valence-corrected chi connectivity index (χ4v) is 2.09. The summed E-state index contributed by atoms with van der Waals surface area (Å²) in [5.74, 6) is 0. The molecule has 0 amide bonds. The van der Waals surface area contributed by atoms with Crippen LogP contribution in [0.25, 0.3) is 0 Å². The summed E-state index contributed by atoms with van der Waals surface area (Å²) in [6, 6.07) is 0. The molecule has 0 aromatic carbocycles. The van der Waals surface area contributed by atoms with Gasteiger partial charge < -0.3 is 9.84 Å². The number of hydrogen-bond acceptors (Lipinski definition) is 2. The second-order valence-corrected chi connectivity index (χ2v) is 7.10. The van der Waals surface area contributed by atoms with Crippen LogP contribution in [0, 0.1) is 0 Å². The SMILES string of the molecule is CCCCCCCCCCCCOC(C)(C)C(C)(C)O. The van der Waals surface area contributed by atoms with Crippen LogP contribution in [-0.4, -0.2) is 22.9 Å². The first-order valence-electron chi connectivity index (χ1n) is 8.67. The lowest BCUT2D eigenvalue weighted by molar-refractivity contribution is -0.147. The first kappa shape index (κ1) is 19.9. The molecule has 2 heteroatoms. The van der Waals surface area contributed by atoms with Crippen molar-refractivity contribution in [2.45, 2.75) is 110 Å². The van der Waals surface area contributed by atoms with Gasteiger partial charge in [0.05, 0.1) is 11.2 Å². The second-order valence-electron chi connectivity index (χ2n) is 7.10. The van der Waals surface area contributed by atoms with Gasteiger partial charge in [-0.25, -0.2) is 0 Å². The first-order valence-corrected chi connectivity index (χ1v) is 8.67. The van der Waals surface area contributed by atoms with Crippen molar-refractivity contribution in [2.24, 2.45) is 0 Å². The van der Waals surface area contributed by atoms with E-state index in [1.54, 1.807) is 0 Å². The zero-order valence-corrected chi connectivity index (χ0v) is 14.6. The average Bonchev–Trinajstić information content (AvgIpc) is 2.34. The van der Waals surface area contributed by atoms with E-state index in [-0.39, 0.29) is 0 Å². The van der Waals surface area contributed by atoms with Crippen LogP contribution < -0.4 is 0 Å². The summed E-state index contributed by atoms with van der Waals surface area (Å²) in [4.78, 5) is 0. The summed E-state index contributed by atoms with van der Waals surface area (Å²) in [5, 5.41) is 9.98. The molecule has 0 spiro atoms. The Bertz CT molecular complexity index is 216. The molecule has 0 bridgehead atoms. The van der Waals surface area contributed by atoms with Gasteiger partial charge in [-0.2, -0.15) is 0 Å². The van der Waals surface area contributed by atoms with Crippen molar-refractivity contribution in [3.8, 4) is 0 Å². The highest BCUT2D eigenvalue weighted by molar-refractivity contribution is 4.87. The molecule has 0 aromatic rings. The molecule has 2 nitrogen and oxygen atoms in total. The molecule has 0 heterocycles.